The lowest BCUT2D eigenvalue weighted by Crippen LogP contribution is -2.12. The van der Waals surface area contributed by atoms with Crippen LogP contribution in [0.15, 0.2) is 0 Å². The smallest absolute Gasteiger partial charge is 0.308 e. The number of methoxy groups -OCH3 is 1. The van der Waals surface area contributed by atoms with Gasteiger partial charge in [0.05, 0.1) is 13.0 Å². The second-order valence-corrected chi connectivity index (χ2v) is 3.14. The number of carbonyl (C=O) groups is 2. The van der Waals surface area contributed by atoms with Crippen molar-refractivity contribution in [3.63, 3.8) is 0 Å². The summed E-state index contributed by atoms with van der Waals surface area (Å²) >= 11 is 0. The SMILES string of the molecule is COC(=O)[C@H]1CC[C@H](C#CC=O)C1. The Hall–Kier alpha value is -1.30. The van der Waals surface area contributed by atoms with E-state index in [9.17, 15) is 9.59 Å². The molecule has 1 aliphatic rings. The standard InChI is InChI=1S/C10H12O3/c1-13-10(12)9-5-4-8(7-9)3-2-6-11/h6,8-9H,4-5,7H2,1H3/t8-,9-/m0/s1. The van der Waals surface area contributed by atoms with Crippen molar-refractivity contribution in [1.82, 2.24) is 0 Å². The van der Waals surface area contributed by atoms with Crippen LogP contribution in [0.4, 0.5) is 0 Å². The van der Waals surface area contributed by atoms with Crippen molar-refractivity contribution in [3.05, 3.63) is 0 Å². The van der Waals surface area contributed by atoms with Crippen LogP contribution in [0.3, 0.4) is 0 Å². The summed E-state index contributed by atoms with van der Waals surface area (Å²) in [5.74, 6) is 5.21. The van der Waals surface area contributed by atoms with E-state index in [1.807, 2.05) is 0 Å². The van der Waals surface area contributed by atoms with Crippen LogP contribution in [0.1, 0.15) is 19.3 Å². The maximum Gasteiger partial charge on any atom is 0.308 e. The normalized spacial score (nSPS) is 25.9. The topological polar surface area (TPSA) is 43.4 Å². The van der Waals surface area contributed by atoms with Gasteiger partial charge in [-0.2, -0.15) is 0 Å². The van der Waals surface area contributed by atoms with E-state index in [4.69, 9.17) is 0 Å². The predicted octanol–water partition coefficient (Wildman–Crippen LogP) is 0.778. The van der Waals surface area contributed by atoms with Gasteiger partial charge in [-0.1, -0.05) is 5.92 Å². The molecule has 0 aromatic heterocycles. The van der Waals surface area contributed by atoms with E-state index in [1.54, 1.807) is 0 Å². The van der Waals surface area contributed by atoms with Crippen LogP contribution >= 0.6 is 0 Å². The van der Waals surface area contributed by atoms with Gasteiger partial charge in [-0.05, 0) is 25.2 Å². The van der Waals surface area contributed by atoms with Gasteiger partial charge in [0.1, 0.15) is 0 Å². The number of esters is 1. The molecule has 0 aliphatic heterocycles. The molecule has 1 aliphatic carbocycles. The van der Waals surface area contributed by atoms with E-state index in [1.165, 1.54) is 7.11 Å². The Bertz CT molecular complexity index is 259. The van der Waals surface area contributed by atoms with E-state index < -0.39 is 0 Å². The van der Waals surface area contributed by atoms with Crippen molar-refractivity contribution in [2.45, 2.75) is 19.3 Å². The summed E-state index contributed by atoms with van der Waals surface area (Å²) in [5.41, 5.74) is 0. The van der Waals surface area contributed by atoms with Crippen LogP contribution in [-0.2, 0) is 14.3 Å². The Morgan fingerprint density at radius 2 is 2.31 bits per heavy atom. The molecule has 0 spiro atoms. The van der Waals surface area contributed by atoms with E-state index in [-0.39, 0.29) is 17.8 Å². The molecule has 0 aromatic rings. The van der Waals surface area contributed by atoms with Crippen molar-refractivity contribution >= 4 is 12.3 Å². The molecule has 0 aromatic carbocycles. The first-order chi connectivity index (χ1) is 6.27. The van der Waals surface area contributed by atoms with Crippen LogP contribution in [0.25, 0.3) is 0 Å². The zero-order valence-corrected chi connectivity index (χ0v) is 7.58. The fourth-order valence-electron chi connectivity index (χ4n) is 1.65. The summed E-state index contributed by atoms with van der Waals surface area (Å²) in [5, 5.41) is 0. The molecule has 0 unspecified atom stereocenters. The molecule has 1 fully saturated rings. The second-order valence-electron chi connectivity index (χ2n) is 3.14. The molecule has 0 N–H and O–H groups in total. The second kappa shape index (κ2) is 4.66. The Balaban J connectivity index is 2.44. The van der Waals surface area contributed by atoms with Crippen molar-refractivity contribution < 1.29 is 14.3 Å². The number of hydrogen-bond acceptors (Lipinski definition) is 3. The Morgan fingerprint density at radius 3 is 2.92 bits per heavy atom. The van der Waals surface area contributed by atoms with Gasteiger partial charge in [0.15, 0.2) is 6.29 Å². The summed E-state index contributed by atoms with van der Waals surface area (Å²) in [4.78, 5) is 21.1. The molecular formula is C10H12O3. The van der Waals surface area contributed by atoms with Gasteiger partial charge in [0.2, 0.25) is 0 Å². The number of hydrogen-bond donors (Lipinski definition) is 0. The molecule has 1 rings (SSSR count). The highest BCUT2D eigenvalue weighted by Gasteiger charge is 2.29. The zero-order chi connectivity index (χ0) is 9.68. The lowest BCUT2D eigenvalue weighted by Gasteiger charge is -2.04. The van der Waals surface area contributed by atoms with Crippen molar-refractivity contribution in [2.24, 2.45) is 11.8 Å². The Morgan fingerprint density at radius 1 is 1.54 bits per heavy atom. The minimum absolute atomic E-state index is 0.0176. The lowest BCUT2D eigenvalue weighted by atomic mass is 10.1. The lowest BCUT2D eigenvalue weighted by molar-refractivity contribution is -0.145. The fourth-order valence-corrected chi connectivity index (χ4v) is 1.65. The number of carbonyl (C=O) groups excluding carboxylic acids is 2. The molecule has 3 heteroatoms. The molecular weight excluding hydrogens is 168 g/mol. The van der Waals surface area contributed by atoms with E-state index in [0.29, 0.717) is 6.29 Å². The predicted molar refractivity (Wildman–Crippen MR) is 46.7 cm³/mol. The summed E-state index contributed by atoms with van der Waals surface area (Å²) in [6.07, 6.45) is 3.03. The third kappa shape index (κ3) is 2.59. The van der Waals surface area contributed by atoms with Crippen LogP contribution in [0.5, 0.6) is 0 Å². The first-order valence-electron chi connectivity index (χ1n) is 4.30. The van der Waals surface area contributed by atoms with Gasteiger partial charge >= 0.3 is 5.97 Å². The minimum Gasteiger partial charge on any atom is -0.469 e. The fraction of sp³-hybridized carbons (Fsp3) is 0.600. The summed E-state index contributed by atoms with van der Waals surface area (Å²) < 4.78 is 4.63. The number of rotatable bonds is 1. The molecule has 3 nitrogen and oxygen atoms in total. The summed E-state index contributed by atoms with van der Waals surface area (Å²) in [6, 6.07) is 0. The molecule has 0 amide bonds. The highest BCUT2D eigenvalue weighted by atomic mass is 16.5. The quantitative estimate of drug-likeness (QED) is 0.340. The maximum atomic E-state index is 11.1. The zero-order valence-electron chi connectivity index (χ0n) is 7.58. The summed E-state index contributed by atoms with van der Waals surface area (Å²) in [6.45, 7) is 0. The van der Waals surface area contributed by atoms with Gasteiger partial charge < -0.3 is 4.74 Å². The number of aldehydes is 1. The van der Waals surface area contributed by atoms with Gasteiger partial charge in [-0.3, -0.25) is 9.59 Å². The minimum atomic E-state index is -0.157. The highest BCUT2D eigenvalue weighted by molar-refractivity contribution is 5.74. The first-order valence-corrected chi connectivity index (χ1v) is 4.30. The van der Waals surface area contributed by atoms with Crippen molar-refractivity contribution in [2.75, 3.05) is 7.11 Å². The van der Waals surface area contributed by atoms with Crippen LogP contribution in [-0.4, -0.2) is 19.4 Å². The first kappa shape index (κ1) is 9.79. The van der Waals surface area contributed by atoms with Gasteiger partial charge in [-0.15, -0.1) is 0 Å². The van der Waals surface area contributed by atoms with Crippen molar-refractivity contribution in [3.8, 4) is 11.8 Å². The molecule has 2 atom stereocenters. The molecule has 1 saturated carbocycles. The van der Waals surface area contributed by atoms with Crippen molar-refractivity contribution in [1.29, 1.82) is 0 Å². The molecule has 0 bridgehead atoms. The number of ether oxygens (including phenoxy) is 1. The monoisotopic (exact) mass is 180 g/mol. The van der Waals surface area contributed by atoms with Crippen LogP contribution in [0, 0.1) is 23.7 Å². The average Bonchev–Trinajstić information content (AvgIpc) is 2.62. The Kier molecular flexibility index (Phi) is 3.51. The highest BCUT2D eigenvalue weighted by Crippen LogP contribution is 2.30. The Labute approximate surface area is 77.5 Å². The molecule has 0 radical (unpaired) electrons. The van der Waals surface area contributed by atoms with Crippen LogP contribution < -0.4 is 0 Å². The third-order valence-corrected chi connectivity index (χ3v) is 2.31. The van der Waals surface area contributed by atoms with E-state index >= 15 is 0 Å². The van der Waals surface area contributed by atoms with Crippen LogP contribution in [0.2, 0.25) is 0 Å². The third-order valence-electron chi connectivity index (χ3n) is 2.31. The average molecular weight is 180 g/mol. The summed E-state index contributed by atoms with van der Waals surface area (Å²) in [7, 11) is 1.40. The molecule has 0 heterocycles. The molecule has 70 valence electrons. The van der Waals surface area contributed by atoms with E-state index in [0.717, 1.165) is 19.3 Å². The molecule has 0 saturated heterocycles. The van der Waals surface area contributed by atoms with Gasteiger partial charge in [0, 0.05) is 5.92 Å². The maximum absolute atomic E-state index is 11.1. The van der Waals surface area contributed by atoms with Gasteiger partial charge in [-0.25, -0.2) is 0 Å². The van der Waals surface area contributed by atoms with Gasteiger partial charge in [0.25, 0.3) is 0 Å². The largest absolute Gasteiger partial charge is 0.469 e. The van der Waals surface area contributed by atoms with E-state index in [2.05, 4.69) is 16.6 Å². The molecule has 13 heavy (non-hydrogen) atoms.